The number of hydrogen-bond acceptors (Lipinski definition) is 3. The van der Waals surface area contributed by atoms with Crippen LogP contribution in [0.5, 0.6) is 0 Å². The predicted molar refractivity (Wildman–Crippen MR) is 55.3 cm³/mol. The van der Waals surface area contributed by atoms with Crippen LogP contribution >= 0.6 is 0 Å². The highest BCUT2D eigenvalue weighted by molar-refractivity contribution is 4.77. The maximum absolute atomic E-state index is 5.91. The lowest BCUT2D eigenvalue weighted by molar-refractivity contribution is -0.109. The molecular weight excluding hydrogens is 178 g/mol. The molecule has 2 aliphatic heterocycles. The van der Waals surface area contributed by atoms with Gasteiger partial charge in [0, 0.05) is 19.0 Å². The SMILES string of the molecule is CC1CC(OCC2CNC2)CC(C)O1. The van der Waals surface area contributed by atoms with Crippen molar-refractivity contribution < 1.29 is 9.47 Å². The molecule has 0 radical (unpaired) electrons. The van der Waals surface area contributed by atoms with Gasteiger partial charge in [-0.3, -0.25) is 0 Å². The second-order valence-electron chi connectivity index (χ2n) is 4.71. The first-order chi connectivity index (χ1) is 6.74. The van der Waals surface area contributed by atoms with Gasteiger partial charge < -0.3 is 14.8 Å². The fraction of sp³-hybridized carbons (Fsp3) is 1.00. The van der Waals surface area contributed by atoms with Crippen molar-refractivity contribution in [1.82, 2.24) is 5.32 Å². The van der Waals surface area contributed by atoms with Crippen molar-refractivity contribution >= 4 is 0 Å². The van der Waals surface area contributed by atoms with Gasteiger partial charge in [0.15, 0.2) is 0 Å². The molecule has 14 heavy (non-hydrogen) atoms. The summed E-state index contributed by atoms with van der Waals surface area (Å²) < 4.78 is 11.6. The van der Waals surface area contributed by atoms with Crippen LogP contribution in [0.2, 0.25) is 0 Å². The quantitative estimate of drug-likeness (QED) is 0.740. The first-order valence-corrected chi connectivity index (χ1v) is 5.72. The van der Waals surface area contributed by atoms with Crippen LogP contribution < -0.4 is 5.32 Å². The van der Waals surface area contributed by atoms with Crippen LogP contribution in [-0.4, -0.2) is 38.0 Å². The van der Waals surface area contributed by atoms with Crippen LogP contribution in [-0.2, 0) is 9.47 Å². The molecule has 82 valence electrons. The molecule has 2 atom stereocenters. The molecule has 0 amide bonds. The number of rotatable bonds is 3. The molecule has 1 N–H and O–H groups in total. The molecule has 2 fully saturated rings. The summed E-state index contributed by atoms with van der Waals surface area (Å²) in [6.07, 6.45) is 3.27. The summed E-state index contributed by atoms with van der Waals surface area (Å²) in [6.45, 7) is 7.47. The first-order valence-electron chi connectivity index (χ1n) is 5.72. The molecule has 0 aromatic rings. The minimum Gasteiger partial charge on any atom is -0.378 e. The molecule has 2 aliphatic rings. The third-order valence-corrected chi connectivity index (χ3v) is 3.09. The Bertz CT molecular complexity index is 172. The fourth-order valence-corrected chi connectivity index (χ4v) is 2.22. The molecule has 2 saturated heterocycles. The molecule has 2 unspecified atom stereocenters. The number of ether oxygens (including phenoxy) is 2. The first kappa shape index (κ1) is 10.4. The van der Waals surface area contributed by atoms with Crippen molar-refractivity contribution in [3.05, 3.63) is 0 Å². The highest BCUT2D eigenvalue weighted by atomic mass is 16.5. The van der Waals surface area contributed by atoms with Gasteiger partial charge in [-0.2, -0.15) is 0 Å². The van der Waals surface area contributed by atoms with E-state index in [0.717, 1.165) is 38.5 Å². The maximum atomic E-state index is 5.91. The van der Waals surface area contributed by atoms with E-state index in [9.17, 15) is 0 Å². The minimum atomic E-state index is 0.364. The lowest BCUT2D eigenvalue weighted by Crippen LogP contribution is -2.45. The summed E-state index contributed by atoms with van der Waals surface area (Å²) in [5, 5.41) is 3.26. The van der Waals surface area contributed by atoms with Gasteiger partial charge in [0.1, 0.15) is 0 Å². The van der Waals surface area contributed by atoms with Gasteiger partial charge in [-0.05, 0) is 26.7 Å². The van der Waals surface area contributed by atoms with E-state index in [4.69, 9.17) is 9.47 Å². The smallest absolute Gasteiger partial charge is 0.0624 e. The Labute approximate surface area is 86.2 Å². The highest BCUT2D eigenvalue weighted by Crippen LogP contribution is 2.22. The third kappa shape index (κ3) is 2.69. The van der Waals surface area contributed by atoms with E-state index >= 15 is 0 Å². The normalized spacial score (nSPS) is 39.4. The lowest BCUT2D eigenvalue weighted by atomic mass is 10.0. The van der Waals surface area contributed by atoms with Crippen molar-refractivity contribution in [2.75, 3.05) is 19.7 Å². The molecule has 0 bridgehead atoms. The molecule has 2 rings (SSSR count). The largest absolute Gasteiger partial charge is 0.378 e. The molecule has 0 aromatic heterocycles. The van der Waals surface area contributed by atoms with E-state index in [2.05, 4.69) is 19.2 Å². The zero-order valence-electron chi connectivity index (χ0n) is 9.16. The minimum absolute atomic E-state index is 0.364. The van der Waals surface area contributed by atoms with Gasteiger partial charge in [0.05, 0.1) is 24.9 Å². The second-order valence-corrected chi connectivity index (χ2v) is 4.71. The van der Waals surface area contributed by atoms with Crippen molar-refractivity contribution in [3.8, 4) is 0 Å². The fourth-order valence-electron chi connectivity index (χ4n) is 2.22. The summed E-state index contributed by atoms with van der Waals surface area (Å²) in [6, 6.07) is 0. The second kappa shape index (κ2) is 4.60. The van der Waals surface area contributed by atoms with Crippen molar-refractivity contribution in [3.63, 3.8) is 0 Å². The van der Waals surface area contributed by atoms with Gasteiger partial charge in [-0.25, -0.2) is 0 Å². The van der Waals surface area contributed by atoms with E-state index in [-0.39, 0.29) is 0 Å². The van der Waals surface area contributed by atoms with Crippen molar-refractivity contribution in [1.29, 1.82) is 0 Å². The summed E-state index contributed by atoms with van der Waals surface area (Å²) in [5.41, 5.74) is 0. The third-order valence-electron chi connectivity index (χ3n) is 3.09. The summed E-state index contributed by atoms with van der Waals surface area (Å²) in [4.78, 5) is 0. The molecule has 3 nitrogen and oxygen atoms in total. The zero-order chi connectivity index (χ0) is 9.97. The Hall–Kier alpha value is -0.120. The van der Waals surface area contributed by atoms with Crippen LogP contribution in [0.4, 0.5) is 0 Å². The zero-order valence-corrected chi connectivity index (χ0v) is 9.16. The van der Waals surface area contributed by atoms with Gasteiger partial charge in [0.2, 0.25) is 0 Å². The van der Waals surface area contributed by atoms with Crippen molar-refractivity contribution in [2.45, 2.75) is 45.0 Å². The Morgan fingerprint density at radius 2 is 1.86 bits per heavy atom. The topological polar surface area (TPSA) is 30.5 Å². The Balaban J connectivity index is 1.68. The van der Waals surface area contributed by atoms with Crippen LogP contribution in [0.3, 0.4) is 0 Å². The molecule has 0 aliphatic carbocycles. The predicted octanol–water partition coefficient (Wildman–Crippen LogP) is 1.18. The van der Waals surface area contributed by atoms with Crippen LogP contribution in [0, 0.1) is 5.92 Å². The number of nitrogens with one attached hydrogen (secondary N) is 1. The average Bonchev–Trinajstić information content (AvgIpc) is 1.99. The van der Waals surface area contributed by atoms with E-state index in [1.165, 1.54) is 0 Å². The van der Waals surface area contributed by atoms with Crippen molar-refractivity contribution in [2.24, 2.45) is 5.92 Å². The van der Waals surface area contributed by atoms with Crippen LogP contribution in [0.15, 0.2) is 0 Å². The summed E-state index contributed by atoms with van der Waals surface area (Å²) in [7, 11) is 0. The average molecular weight is 199 g/mol. The molecule has 0 spiro atoms. The van der Waals surface area contributed by atoms with Crippen LogP contribution in [0.25, 0.3) is 0 Å². The van der Waals surface area contributed by atoms with E-state index in [0.29, 0.717) is 18.3 Å². The van der Waals surface area contributed by atoms with Gasteiger partial charge in [-0.1, -0.05) is 0 Å². The highest BCUT2D eigenvalue weighted by Gasteiger charge is 2.26. The molecule has 0 aromatic carbocycles. The molecule has 2 heterocycles. The molecular formula is C11H21NO2. The van der Waals surface area contributed by atoms with Gasteiger partial charge >= 0.3 is 0 Å². The molecule has 3 heteroatoms. The standard InChI is InChI=1S/C11H21NO2/c1-8-3-11(4-9(2)14-8)13-7-10-5-12-6-10/h8-12H,3-7H2,1-2H3. The van der Waals surface area contributed by atoms with Crippen LogP contribution in [0.1, 0.15) is 26.7 Å². The van der Waals surface area contributed by atoms with Gasteiger partial charge in [0.25, 0.3) is 0 Å². The summed E-state index contributed by atoms with van der Waals surface area (Å²) in [5.74, 6) is 0.753. The number of hydrogen-bond donors (Lipinski definition) is 1. The van der Waals surface area contributed by atoms with E-state index < -0.39 is 0 Å². The summed E-state index contributed by atoms with van der Waals surface area (Å²) >= 11 is 0. The monoisotopic (exact) mass is 199 g/mol. The Morgan fingerprint density at radius 3 is 2.36 bits per heavy atom. The lowest BCUT2D eigenvalue weighted by Gasteiger charge is -2.34. The Morgan fingerprint density at radius 1 is 1.21 bits per heavy atom. The molecule has 0 saturated carbocycles. The van der Waals surface area contributed by atoms with E-state index in [1.54, 1.807) is 0 Å². The maximum Gasteiger partial charge on any atom is 0.0624 e. The van der Waals surface area contributed by atoms with Gasteiger partial charge in [-0.15, -0.1) is 0 Å². The van der Waals surface area contributed by atoms with E-state index in [1.807, 2.05) is 0 Å². The Kier molecular flexibility index (Phi) is 3.42.